The van der Waals surface area contributed by atoms with Crippen molar-refractivity contribution < 1.29 is 13.2 Å². The summed E-state index contributed by atoms with van der Waals surface area (Å²) in [7, 11) is -3.63. The predicted octanol–water partition coefficient (Wildman–Crippen LogP) is 3.62. The number of carbonyl (C=O) groups is 1. The smallest absolute Gasteiger partial charge is 0.240 e. The molecule has 0 spiro atoms. The minimum Gasteiger partial charge on any atom is -0.354 e. The minimum atomic E-state index is -3.63. The van der Waals surface area contributed by atoms with Gasteiger partial charge in [-0.15, -0.1) is 0 Å². The molecule has 1 amide bonds. The van der Waals surface area contributed by atoms with Crippen LogP contribution < -0.4 is 9.62 Å². The number of amides is 1. The van der Waals surface area contributed by atoms with Crippen molar-refractivity contribution in [2.24, 2.45) is 0 Å². The summed E-state index contributed by atoms with van der Waals surface area (Å²) < 4.78 is 25.9. The van der Waals surface area contributed by atoms with Gasteiger partial charge in [0.1, 0.15) is 6.54 Å². The van der Waals surface area contributed by atoms with Crippen LogP contribution in [0.4, 0.5) is 5.69 Å². The zero-order chi connectivity index (χ0) is 20.1. The quantitative estimate of drug-likeness (QED) is 0.639. The molecule has 0 heterocycles. The van der Waals surface area contributed by atoms with Crippen LogP contribution in [0.2, 0.25) is 5.02 Å². The summed E-state index contributed by atoms with van der Waals surface area (Å²) in [6, 6.07) is 20.3. The summed E-state index contributed by atoms with van der Waals surface area (Å²) in [6.07, 6.45) is 1.74. The molecule has 28 heavy (non-hydrogen) atoms. The number of rotatable bonds is 7. The van der Waals surface area contributed by atoms with Crippen LogP contribution >= 0.6 is 11.6 Å². The van der Waals surface area contributed by atoms with Gasteiger partial charge in [-0.25, -0.2) is 8.42 Å². The molecule has 3 aromatic rings. The van der Waals surface area contributed by atoms with Gasteiger partial charge in [0.25, 0.3) is 0 Å². The van der Waals surface area contributed by atoms with Crippen LogP contribution in [0, 0.1) is 0 Å². The van der Waals surface area contributed by atoms with E-state index in [1.165, 1.54) is 0 Å². The van der Waals surface area contributed by atoms with Gasteiger partial charge in [-0.1, -0.05) is 60.1 Å². The van der Waals surface area contributed by atoms with E-state index in [4.69, 9.17) is 11.6 Å². The van der Waals surface area contributed by atoms with Gasteiger partial charge in [0.2, 0.25) is 15.9 Å². The monoisotopic (exact) mass is 416 g/mol. The van der Waals surface area contributed by atoms with E-state index in [9.17, 15) is 13.2 Å². The first-order valence-electron chi connectivity index (χ1n) is 8.81. The number of benzene rings is 3. The Morgan fingerprint density at radius 3 is 2.39 bits per heavy atom. The van der Waals surface area contributed by atoms with Crippen LogP contribution in [0.1, 0.15) is 5.56 Å². The number of halogens is 1. The molecule has 0 aliphatic rings. The lowest BCUT2D eigenvalue weighted by Crippen LogP contribution is -2.41. The molecule has 1 N–H and O–H groups in total. The van der Waals surface area contributed by atoms with Crippen LogP contribution in [-0.4, -0.2) is 33.7 Å². The number of sulfonamides is 1. The average Bonchev–Trinajstić information content (AvgIpc) is 2.66. The van der Waals surface area contributed by atoms with E-state index in [0.29, 0.717) is 23.7 Å². The molecule has 0 fully saturated rings. The highest BCUT2D eigenvalue weighted by molar-refractivity contribution is 7.92. The Hall–Kier alpha value is -2.57. The zero-order valence-corrected chi connectivity index (χ0v) is 17.0. The van der Waals surface area contributed by atoms with E-state index in [2.05, 4.69) is 5.32 Å². The molecule has 0 bridgehead atoms. The normalized spacial score (nSPS) is 11.4. The second-order valence-corrected chi connectivity index (χ2v) is 8.84. The number of hydrogen-bond acceptors (Lipinski definition) is 3. The van der Waals surface area contributed by atoms with Crippen LogP contribution in [0.25, 0.3) is 10.8 Å². The predicted molar refractivity (Wildman–Crippen MR) is 114 cm³/mol. The highest BCUT2D eigenvalue weighted by Crippen LogP contribution is 2.28. The molecule has 0 saturated carbocycles. The Balaban J connectivity index is 1.72. The van der Waals surface area contributed by atoms with Gasteiger partial charge >= 0.3 is 0 Å². The van der Waals surface area contributed by atoms with Crippen molar-refractivity contribution in [1.82, 2.24) is 5.32 Å². The first-order valence-corrected chi connectivity index (χ1v) is 11.0. The molecule has 3 aromatic carbocycles. The third kappa shape index (κ3) is 5.03. The summed E-state index contributed by atoms with van der Waals surface area (Å²) in [6.45, 7) is 0.140. The summed E-state index contributed by atoms with van der Waals surface area (Å²) in [4.78, 5) is 12.4. The van der Waals surface area contributed by atoms with Crippen LogP contribution in [0.3, 0.4) is 0 Å². The molecule has 0 aliphatic carbocycles. The summed E-state index contributed by atoms with van der Waals surface area (Å²) >= 11 is 5.86. The fourth-order valence-electron chi connectivity index (χ4n) is 2.99. The summed E-state index contributed by atoms with van der Waals surface area (Å²) in [5, 5.41) is 5.14. The SMILES string of the molecule is CS(=O)(=O)N(CC(=O)NCCc1ccc(Cl)cc1)c1cccc2ccccc12. The minimum absolute atomic E-state index is 0.270. The molecule has 0 radical (unpaired) electrons. The Labute approximate surface area is 170 Å². The molecule has 0 saturated heterocycles. The fraction of sp³-hybridized carbons (Fsp3) is 0.190. The number of carbonyl (C=O) groups excluding carboxylic acids is 1. The van der Waals surface area contributed by atoms with E-state index >= 15 is 0 Å². The second-order valence-electron chi connectivity index (χ2n) is 6.49. The number of nitrogens with one attached hydrogen (secondary N) is 1. The molecule has 0 unspecified atom stereocenters. The lowest BCUT2D eigenvalue weighted by Gasteiger charge is -2.23. The number of fused-ring (bicyclic) bond motifs is 1. The molecule has 3 rings (SSSR count). The third-order valence-corrected chi connectivity index (χ3v) is 5.75. The van der Waals surface area contributed by atoms with Crippen molar-refractivity contribution in [2.45, 2.75) is 6.42 Å². The lowest BCUT2D eigenvalue weighted by atomic mass is 10.1. The van der Waals surface area contributed by atoms with Crippen molar-refractivity contribution in [3.63, 3.8) is 0 Å². The molecule has 146 valence electrons. The Bertz CT molecular complexity index is 1080. The topological polar surface area (TPSA) is 66.5 Å². The molecule has 7 heteroatoms. The fourth-order valence-corrected chi connectivity index (χ4v) is 3.98. The van der Waals surface area contributed by atoms with E-state index in [-0.39, 0.29) is 12.5 Å². The van der Waals surface area contributed by atoms with Gasteiger partial charge in [-0.05, 0) is 35.6 Å². The molecular weight excluding hydrogens is 396 g/mol. The summed E-state index contributed by atoms with van der Waals surface area (Å²) in [5.74, 6) is -0.354. The maximum Gasteiger partial charge on any atom is 0.240 e. The van der Waals surface area contributed by atoms with E-state index < -0.39 is 10.0 Å². The van der Waals surface area contributed by atoms with Gasteiger partial charge in [-0.3, -0.25) is 9.10 Å². The van der Waals surface area contributed by atoms with E-state index in [0.717, 1.165) is 26.9 Å². The van der Waals surface area contributed by atoms with E-state index in [1.807, 2.05) is 42.5 Å². The largest absolute Gasteiger partial charge is 0.354 e. The van der Waals surface area contributed by atoms with Crippen molar-refractivity contribution in [3.05, 3.63) is 77.3 Å². The van der Waals surface area contributed by atoms with Crippen molar-refractivity contribution in [3.8, 4) is 0 Å². The lowest BCUT2D eigenvalue weighted by molar-refractivity contribution is -0.119. The van der Waals surface area contributed by atoms with Gasteiger partial charge in [0, 0.05) is 17.0 Å². The standard InChI is InChI=1S/C21H21ClN2O3S/c1-28(26,27)24(20-8-4-6-17-5-2-3-7-19(17)20)15-21(25)23-14-13-16-9-11-18(22)12-10-16/h2-12H,13-15H2,1H3,(H,23,25). The maximum absolute atomic E-state index is 12.4. The molecule has 0 aliphatic heterocycles. The molecular formula is C21H21ClN2O3S. The van der Waals surface area contributed by atoms with Gasteiger partial charge < -0.3 is 5.32 Å². The van der Waals surface area contributed by atoms with Crippen molar-refractivity contribution in [1.29, 1.82) is 0 Å². The first-order chi connectivity index (χ1) is 13.3. The van der Waals surface area contributed by atoms with Gasteiger partial charge in [-0.2, -0.15) is 0 Å². The highest BCUT2D eigenvalue weighted by Gasteiger charge is 2.22. The Kier molecular flexibility index (Phi) is 6.21. The Morgan fingerprint density at radius 1 is 1.00 bits per heavy atom. The number of nitrogens with zero attached hydrogens (tertiary/aromatic N) is 1. The summed E-state index contributed by atoms with van der Waals surface area (Å²) in [5.41, 5.74) is 1.53. The highest BCUT2D eigenvalue weighted by atomic mass is 35.5. The van der Waals surface area contributed by atoms with Crippen molar-refractivity contribution >= 4 is 44.0 Å². The second kappa shape index (κ2) is 8.63. The number of anilines is 1. The zero-order valence-electron chi connectivity index (χ0n) is 15.4. The maximum atomic E-state index is 12.4. The average molecular weight is 417 g/mol. The van der Waals surface area contributed by atoms with Crippen LogP contribution in [-0.2, 0) is 21.2 Å². The molecule has 5 nitrogen and oxygen atoms in total. The van der Waals surface area contributed by atoms with Crippen molar-refractivity contribution in [2.75, 3.05) is 23.7 Å². The van der Waals surface area contributed by atoms with Gasteiger partial charge in [0.05, 0.1) is 11.9 Å². The third-order valence-electron chi connectivity index (χ3n) is 4.37. The number of hydrogen-bond donors (Lipinski definition) is 1. The van der Waals surface area contributed by atoms with Gasteiger partial charge in [0.15, 0.2) is 0 Å². The van der Waals surface area contributed by atoms with E-state index in [1.54, 1.807) is 24.3 Å². The molecule has 0 aromatic heterocycles. The Morgan fingerprint density at radius 2 is 1.68 bits per heavy atom. The van der Waals surface area contributed by atoms with Crippen LogP contribution in [0.15, 0.2) is 66.7 Å². The first kappa shape index (κ1) is 20.2. The van der Waals surface area contributed by atoms with Crippen LogP contribution in [0.5, 0.6) is 0 Å². The molecule has 0 atom stereocenters.